The van der Waals surface area contributed by atoms with Gasteiger partial charge in [-0.25, -0.2) is 9.78 Å². The number of hydrogen-bond acceptors (Lipinski definition) is 6. The molecule has 33 heavy (non-hydrogen) atoms. The summed E-state index contributed by atoms with van der Waals surface area (Å²) in [4.78, 5) is 23.4. The fourth-order valence-corrected chi connectivity index (χ4v) is 4.40. The van der Waals surface area contributed by atoms with Gasteiger partial charge in [-0.15, -0.1) is 0 Å². The summed E-state index contributed by atoms with van der Waals surface area (Å²) < 4.78 is 5.28. The highest BCUT2D eigenvalue weighted by atomic mass is 16.5. The summed E-state index contributed by atoms with van der Waals surface area (Å²) in [5.41, 5.74) is 1.95. The van der Waals surface area contributed by atoms with Gasteiger partial charge in [-0.1, -0.05) is 42.5 Å². The van der Waals surface area contributed by atoms with Crippen LogP contribution in [0.2, 0.25) is 0 Å². The smallest absolute Gasteiger partial charge is 0.407 e. The van der Waals surface area contributed by atoms with Gasteiger partial charge in [-0.2, -0.15) is 4.98 Å². The number of nitrogens with zero attached hydrogens (tertiary/aromatic N) is 3. The molecule has 1 saturated carbocycles. The average Bonchev–Trinajstić information content (AvgIpc) is 2.84. The van der Waals surface area contributed by atoms with E-state index in [9.17, 15) is 4.79 Å². The lowest BCUT2D eigenvalue weighted by Crippen LogP contribution is -2.30. The van der Waals surface area contributed by atoms with E-state index in [4.69, 9.17) is 14.7 Å². The van der Waals surface area contributed by atoms with Crippen molar-refractivity contribution >= 4 is 28.8 Å². The molecular weight excluding hydrogens is 414 g/mol. The molecule has 3 aromatic rings. The van der Waals surface area contributed by atoms with Crippen molar-refractivity contribution < 1.29 is 9.53 Å². The maximum Gasteiger partial charge on any atom is 0.407 e. The highest BCUT2D eigenvalue weighted by Gasteiger charge is 2.22. The second-order valence-corrected chi connectivity index (χ2v) is 8.92. The molecule has 2 aromatic carbocycles. The third-order valence-electron chi connectivity index (χ3n) is 6.22. The number of amides is 1. The van der Waals surface area contributed by atoms with Gasteiger partial charge in [0.25, 0.3) is 0 Å². The molecule has 0 radical (unpaired) electrons. The van der Waals surface area contributed by atoms with Gasteiger partial charge in [0, 0.05) is 32.1 Å². The summed E-state index contributed by atoms with van der Waals surface area (Å²) >= 11 is 0. The van der Waals surface area contributed by atoms with Crippen LogP contribution in [0, 0.1) is 5.92 Å². The fraction of sp³-hybridized carbons (Fsp3) is 0.423. The summed E-state index contributed by atoms with van der Waals surface area (Å²) in [5.74, 6) is 2.25. The van der Waals surface area contributed by atoms with Gasteiger partial charge in [-0.3, -0.25) is 0 Å². The average molecular weight is 448 g/mol. The van der Waals surface area contributed by atoms with E-state index in [2.05, 4.69) is 16.7 Å². The Labute approximate surface area is 195 Å². The van der Waals surface area contributed by atoms with Crippen LogP contribution in [0.25, 0.3) is 10.9 Å². The Balaban J connectivity index is 1.20. The molecule has 1 amide bonds. The summed E-state index contributed by atoms with van der Waals surface area (Å²) in [6, 6.07) is 18.2. The van der Waals surface area contributed by atoms with Crippen molar-refractivity contribution in [2.45, 2.75) is 44.8 Å². The van der Waals surface area contributed by atoms with Crippen molar-refractivity contribution in [3.05, 3.63) is 60.2 Å². The van der Waals surface area contributed by atoms with Crippen molar-refractivity contribution in [1.82, 2.24) is 15.3 Å². The predicted octanol–water partition coefficient (Wildman–Crippen LogP) is 4.98. The predicted molar refractivity (Wildman–Crippen MR) is 132 cm³/mol. The van der Waals surface area contributed by atoms with Crippen LogP contribution in [0.3, 0.4) is 0 Å². The lowest BCUT2D eigenvalue weighted by Gasteiger charge is -2.29. The molecule has 1 aliphatic carbocycles. The van der Waals surface area contributed by atoms with Crippen LogP contribution < -0.4 is 15.5 Å². The molecule has 0 spiro atoms. The van der Waals surface area contributed by atoms with Gasteiger partial charge in [0.05, 0.1) is 5.52 Å². The Kier molecular flexibility index (Phi) is 7.60. The van der Waals surface area contributed by atoms with Crippen molar-refractivity contribution in [2.24, 2.45) is 5.92 Å². The zero-order valence-corrected chi connectivity index (χ0v) is 19.5. The van der Waals surface area contributed by atoms with E-state index >= 15 is 0 Å². The van der Waals surface area contributed by atoms with Gasteiger partial charge in [0.2, 0.25) is 5.95 Å². The summed E-state index contributed by atoms with van der Waals surface area (Å²) in [6.07, 6.45) is 5.05. The molecule has 4 rings (SSSR count). The number of fused-ring (bicyclic) bond motifs is 1. The summed E-state index contributed by atoms with van der Waals surface area (Å²) in [5, 5.41) is 7.50. The minimum absolute atomic E-state index is 0.301. The molecule has 1 aromatic heterocycles. The minimum atomic E-state index is -0.348. The van der Waals surface area contributed by atoms with Gasteiger partial charge >= 0.3 is 6.09 Å². The van der Waals surface area contributed by atoms with Crippen molar-refractivity contribution in [1.29, 1.82) is 0 Å². The highest BCUT2D eigenvalue weighted by Crippen LogP contribution is 2.29. The topological polar surface area (TPSA) is 79.4 Å². The Bertz CT molecular complexity index is 1050. The molecule has 0 unspecified atom stereocenters. The molecule has 1 aliphatic rings. The first kappa shape index (κ1) is 22.8. The van der Waals surface area contributed by atoms with Crippen molar-refractivity contribution in [3.8, 4) is 0 Å². The van der Waals surface area contributed by atoms with Crippen LogP contribution in [-0.4, -0.2) is 42.7 Å². The first-order chi connectivity index (χ1) is 16.1. The molecule has 1 heterocycles. The number of hydrogen-bond donors (Lipinski definition) is 2. The van der Waals surface area contributed by atoms with E-state index < -0.39 is 0 Å². The maximum atomic E-state index is 11.9. The van der Waals surface area contributed by atoms with E-state index in [1.807, 2.05) is 67.5 Å². The van der Waals surface area contributed by atoms with Crippen LogP contribution in [0.15, 0.2) is 54.6 Å². The number of benzene rings is 2. The van der Waals surface area contributed by atoms with E-state index in [0.29, 0.717) is 31.1 Å². The molecule has 174 valence electrons. The second kappa shape index (κ2) is 11.0. The highest BCUT2D eigenvalue weighted by molar-refractivity contribution is 5.90. The number of aromatic nitrogens is 2. The SMILES string of the molecule is CN(C)c1nc(NC2CCC(CCNC(=O)OCc3ccccc3)CC2)nc2ccccc12. The molecular formula is C26H33N5O2. The van der Waals surface area contributed by atoms with Crippen molar-refractivity contribution in [3.63, 3.8) is 0 Å². The zero-order valence-electron chi connectivity index (χ0n) is 19.5. The number of carbonyl (C=O) groups is 1. The summed E-state index contributed by atoms with van der Waals surface area (Å²) in [7, 11) is 4.02. The lowest BCUT2D eigenvalue weighted by atomic mass is 9.84. The number of nitrogens with one attached hydrogen (secondary N) is 2. The fourth-order valence-electron chi connectivity index (χ4n) is 4.40. The maximum absolute atomic E-state index is 11.9. The number of alkyl carbamates (subject to hydrolysis) is 1. The quantitative estimate of drug-likeness (QED) is 0.507. The lowest BCUT2D eigenvalue weighted by molar-refractivity contribution is 0.138. The van der Waals surface area contributed by atoms with Crippen molar-refractivity contribution in [2.75, 3.05) is 30.9 Å². The molecule has 7 nitrogen and oxygen atoms in total. The van der Waals surface area contributed by atoms with Crippen LogP contribution in [0.4, 0.5) is 16.6 Å². The second-order valence-electron chi connectivity index (χ2n) is 8.92. The Morgan fingerprint density at radius 3 is 2.48 bits per heavy atom. The van der Waals surface area contributed by atoms with E-state index in [0.717, 1.165) is 54.4 Å². The van der Waals surface area contributed by atoms with Gasteiger partial charge in [0.15, 0.2) is 0 Å². The molecule has 1 fully saturated rings. The molecule has 2 N–H and O–H groups in total. The monoisotopic (exact) mass is 447 g/mol. The van der Waals surface area contributed by atoms with E-state index in [-0.39, 0.29) is 6.09 Å². The van der Waals surface area contributed by atoms with E-state index in [1.54, 1.807) is 0 Å². The van der Waals surface area contributed by atoms with Gasteiger partial charge in [-0.05, 0) is 55.7 Å². The Morgan fingerprint density at radius 2 is 1.73 bits per heavy atom. The summed E-state index contributed by atoms with van der Waals surface area (Å²) in [6.45, 7) is 0.951. The van der Waals surface area contributed by atoms with Crippen LogP contribution in [0.1, 0.15) is 37.7 Å². The van der Waals surface area contributed by atoms with E-state index in [1.165, 1.54) is 0 Å². The van der Waals surface area contributed by atoms with Crippen LogP contribution in [-0.2, 0) is 11.3 Å². The molecule has 0 atom stereocenters. The van der Waals surface area contributed by atoms with Gasteiger partial charge in [0.1, 0.15) is 12.4 Å². The largest absolute Gasteiger partial charge is 0.445 e. The number of anilines is 2. The standard InChI is InChI=1S/C26H33N5O2/c1-31(2)24-22-10-6-7-11-23(22)29-25(30-24)28-21-14-12-19(13-15-21)16-17-27-26(32)33-18-20-8-4-3-5-9-20/h3-11,19,21H,12-18H2,1-2H3,(H,27,32)(H,28,29,30). The zero-order chi connectivity index (χ0) is 23.0. The number of para-hydroxylation sites is 1. The Hall–Kier alpha value is -3.35. The normalized spacial score (nSPS) is 18.0. The third kappa shape index (κ3) is 6.34. The molecule has 0 saturated heterocycles. The number of carbonyl (C=O) groups excluding carboxylic acids is 1. The Morgan fingerprint density at radius 1 is 1.00 bits per heavy atom. The molecule has 0 bridgehead atoms. The number of rotatable bonds is 8. The van der Waals surface area contributed by atoms with Crippen LogP contribution in [0.5, 0.6) is 0 Å². The molecule has 7 heteroatoms. The number of ether oxygens (including phenoxy) is 1. The first-order valence-electron chi connectivity index (χ1n) is 11.7. The van der Waals surface area contributed by atoms with Crippen LogP contribution >= 0.6 is 0 Å². The van der Waals surface area contributed by atoms with Gasteiger partial charge < -0.3 is 20.3 Å². The minimum Gasteiger partial charge on any atom is -0.445 e. The third-order valence-corrected chi connectivity index (χ3v) is 6.22. The molecule has 0 aliphatic heterocycles. The first-order valence-corrected chi connectivity index (χ1v) is 11.7.